The molecule has 0 aliphatic heterocycles. The van der Waals surface area contributed by atoms with Crippen LogP contribution in [0.2, 0.25) is 0 Å². The lowest BCUT2D eigenvalue weighted by molar-refractivity contribution is 0.329. The summed E-state index contributed by atoms with van der Waals surface area (Å²) in [6, 6.07) is 0. The summed E-state index contributed by atoms with van der Waals surface area (Å²) in [6.07, 6.45) is 1.53. The van der Waals surface area contributed by atoms with Gasteiger partial charge in [0, 0.05) is 19.0 Å². The molecule has 3 N–H and O–H groups in total. The van der Waals surface area contributed by atoms with Crippen LogP contribution in [0.3, 0.4) is 0 Å². The van der Waals surface area contributed by atoms with Crippen LogP contribution in [-0.4, -0.2) is 25.0 Å². The van der Waals surface area contributed by atoms with Crippen LogP contribution >= 0.6 is 15.9 Å². The molecule has 0 saturated carbocycles. The Labute approximate surface area is 62.4 Å². The highest BCUT2D eigenvalue weighted by Crippen LogP contribution is 2.03. The Hall–Kier alpha value is -0.350. The third-order valence-corrected chi connectivity index (χ3v) is 1.43. The fourth-order valence-electron chi connectivity index (χ4n) is 0.272. The largest absolute Gasteiger partial charge is 0.399 e. The molecular weight excluding hydrogens is 184 g/mol. The molecular formula is C5H9BrN2O. The Kier molecular flexibility index (Phi) is 4.35. The van der Waals surface area contributed by atoms with E-state index in [-0.39, 0.29) is 6.61 Å². The van der Waals surface area contributed by atoms with E-state index in [1.807, 2.05) is 0 Å². The van der Waals surface area contributed by atoms with Crippen molar-refractivity contribution < 1.29 is 5.11 Å². The summed E-state index contributed by atoms with van der Waals surface area (Å²) >= 11 is 3.11. The van der Waals surface area contributed by atoms with Crippen molar-refractivity contribution in [2.45, 2.75) is 0 Å². The first kappa shape index (κ1) is 8.65. The number of halogens is 1. The summed E-state index contributed by atoms with van der Waals surface area (Å²) in [5, 5.41) is 8.46. The van der Waals surface area contributed by atoms with E-state index in [9.17, 15) is 0 Å². The Balaban J connectivity index is 4.10. The van der Waals surface area contributed by atoms with Crippen molar-refractivity contribution >= 4 is 22.1 Å². The van der Waals surface area contributed by atoms with E-state index >= 15 is 0 Å². The fourth-order valence-corrected chi connectivity index (χ4v) is 0.602. The molecule has 0 saturated heterocycles. The summed E-state index contributed by atoms with van der Waals surface area (Å²) in [7, 11) is 1.63. The monoisotopic (exact) mass is 192 g/mol. The van der Waals surface area contributed by atoms with Gasteiger partial charge >= 0.3 is 0 Å². The zero-order chi connectivity index (χ0) is 7.28. The lowest BCUT2D eigenvalue weighted by Crippen LogP contribution is -2.04. The first-order valence-corrected chi connectivity index (χ1v) is 3.18. The predicted octanol–water partition coefficient (Wildman–Crippen LogP) is 0.245. The molecule has 52 valence electrons. The van der Waals surface area contributed by atoms with Crippen molar-refractivity contribution in [1.82, 2.24) is 0 Å². The molecule has 0 aromatic carbocycles. The molecule has 3 nitrogen and oxygen atoms in total. The summed E-state index contributed by atoms with van der Waals surface area (Å²) in [4.78, 5) is 3.68. The topological polar surface area (TPSA) is 58.6 Å². The van der Waals surface area contributed by atoms with Crippen LogP contribution < -0.4 is 5.73 Å². The minimum Gasteiger partial charge on any atom is -0.399 e. The second-order valence-electron chi connectivity index (χ2n) is 1.42. The lowest BCUT2D eigenvalue weighted by atomic mass is 10.4. The average molecular weight is 193 g/mol. The highest BCUT2D eigenvalue weighted by molar-refractivity contribution is 9.12. The second kappa shape index (κ2) is 4.52. The maximum absolute atomic E-state index is 8.46. The minimum atomic E-state index is -0.146. The van der Waals surface area contributed by atoms with E-state index < -0.39 is 0 Å². The van der Waals surface area contributed by atoms with Gasteiger partial charge in [-0.05, 0) is 15.9 Å². The van der Waals surface area contributed by atoms with Crippen molar-refractivity contribution in [3.05, 3.63) is 10.2 Å². The van der Waals surface area contributed by atoms with E-state index in [0.29, 0.717) is 10.2 Å². The predicted molar refractivity (Wildman–Crippen MR) is 41.6 cm³/mol. The highest BCUT2D eigenvalue weighted by atomic mass is 79.9. The molecule has 0 radical (unpaired) electrons. The van der Waals surface area contributed by atoms with Gasteiger partial charge in [0.2, 0.25) is 0 Å². The number of rotatable bonds is 2. The van der Waals surface area contributed by atoms with Gasteiger partial charge in [-0.1, -0.05) is 0 Å². The van der Waals surface area contributed by atoms with Crippen molar-refractivity contribution in [1.29, 1.82) is 0 Å². The van der Waals surface area contributed by atoms with Gasteiger partial charge in [0.1, 0.15) is 0 Å². The van der Waals surface area contributed by atoms with Gasteiger partial charge in [0.05, 0.1) is 11.1 Å². The second-order valence-corrected chi connectivity index (χ2v) is 2.27. The van der Waals surface area contributed by atoms with Crippen LogP contribution in [0, 0.1) is 0 Å². The highest BCUT2D eigenvalue weighted by Gasteiger charge is 1.91. The Morgan fingerprint density at radius 3 is 2.78 bits per heavy atom. The number of aliphatic hydroxyl groups is 1. The maximum Gasteiger partial charge on any atom is 0.0837 e. The fraction of sp³-hybridized carbons (Fsp3) is 0.400. The molecule has 0 aromatic heterocycles. The lowest BCUT2D eigenvalue weighted by Gasteiger charge is -1.94. The first-order valence-electron chi connectivity index (χ1n) is 2.39. The van der Waals surface area contributed by atoms with Crippen LogP contribution in [0.25, 0.3) is 0 Å². The smallest absolute Gasteiger partial charge is 0.0837 e. The standard InChI is InChI=1S/C5H9BrN2O/c1-8-2-4(6)5(7)3-9/h2,9H,3,7H2,1H3. The third kappa shape index (κ3) is 3.26. The summed E-state index contributed by atoms with van der Waals surface area (Å²) in [5.74, 6) is 0. The van der Waals surface area contributed by atoms with Crippen LogP contribution in [-0.2, 0) is 0 Å². The zero-order valence-electron chi connectivity index (χ0n) is 5.13. The molecule has 0 atom stereocenters. The average Bonchev–Trinajstić information content (AvgIpc) is 1.87. The van der Waals surface area contributed by atoms with Crippen LogP contribution in [0.15, 0.2) is 15.2 Å². The first-order chi connectivity index (χ1) is 4.22. The Morgan fingerprint density at radius 1 is 1.89 bits per heavy atom. The summed E-state index contributed by atoms with van der Waals surface area (Å²) < 4.78 is 0.632. The van der Waals surface area contributed by atoms with Gasteiger partial charge < -0.3 is 10.8 Å². The maximum atomic E-state index is 8.46. The van der Waals surface area contributed by atoms with E-state index in [4.69, 9.17) is 10.8 Å². The van der Waals surface area contributed by atoms with E-state index in [1.54, 1.807) is 7.05 Å². The van der Waals surface area contributed by atoms with Crippen molar-refractivity contribution in [2.75, 3.05) is 13.7 Å². The van der Waals surface area contributed by atoms with Gasteiger partial charge in [0.25, 0.3) is 0 Å². The summed E-state index contributed by atoms with van der Waals surface area (Å²) in [6.45, 7) is -0.146. The normalized spacial score (nSPS) is 14.1. The van der Waals surface area contributed by atoms with Crippen LogP contribution in [0.4, 0.5) is 0 Å². The molecule has 9 heavy (non-hydrogen) atoms. The number of nitrogens with two attached hydrogens (primary N) is 1. The molecule has 0 aliphatic rings. The van der Waals surface area contributed by atoms with Gasteiger partial charge in [-0.25, -0.2) is 0 Å². The number of hydrogen-bond acceptors (Lipinski definition) is 3. The molecule has 0 rings (SSSR count). The Bertz CT molecular complexity index is 142. The molecule has 0 aliphatic carbocycles. The molecule has 0 bridgehead atoms. The zero-order valence-corrected chi connectivity index (χ0v) is 6.72. The number of aliphatic hydroxyl groups excluding tert-OH is 1. The SMILES string of the molecule is CN=CC(Br)=C(N)CO. The van der Waals surface area contributed by atoms with Crippen molar-refractivity contribution in [3.63, 3.8) is 0 Å². The molecule has 0 unspecified atom stereocenters. The van der Waals surface area contributed by atoms with E-state index in [1.165, 1.54) is 6.21 Å². The molecule has 4 heteroatoms. The van der Waals surface area contributed by atoms with Crippen LogP contribution in [0.1, 0.15) is 0 Å². The van der Waals surface area contributed by atoms with Gasteiger partial charge in [-0.15, -0.1) is 0 Å². The molecule has 0 amide bonds. The van der Waals surface area contributed by atoms with E-state index in [2.05, 4.69) is 20.9 Å². The number of aliphatic imine (C=N–C) groups is 1. The van der Waals surface area contributed by atoms with Crippen molar-refractivity contribution in [3.8, 4) is 0 Å². The van der Waals surface area contributed by atoms with Crippen molar-refractivity contribution in [2.24, 2.45) is 10.7 Å². The Morgan fingerprint density at radius 2 is 2.44 bits per heavy atom. The quantitative estimate of drug-likeness (QED) is 0.617. The van der Waals surface area contributed by atoms with Crippen LogP contribution in [0.5, 0.6) is 0 Å². The molecule has 0 spiro atoms. The third-order valence-electron chi connectivity index (χ3n) is 0.720. The number of nitrogens with zero attached hydrogens (tertiary/aromatic N) is 1. The molecule has 0 heterocycles. The van der Waals surface area contributed by atoms with Gasteiger partial charge in [-0.3, -0.25) is 4.99 Å². The number of hydrogen-bond donors (Lipinski definition) is 2. The van der Waals surface area contributed by atoms with Gasteiger partial charge in [-0.2, -0.15) is 0 Å². The molecule has 0 fully saturated rings. The number of allylic oxidation sites excluding steroid dienone is 1. The van der Waals surface area contributed by atoms with E-state index in [0.717, 1.165) is 0 Å². The minimum absolute atomic E-state index is 0.146. The van der Waals surface area contributed by atoms with Gasteiger partial charge in [0.15, 0.2) is 0 Å². The molecule has 0 aromatic rings. The summed E-state index contributed by atoms with van der Waals surface area (Å²) in [5.41, 5.74) is 5.68.